The zero-order valence-electron chi connectivity index (χ0n) is 25.9. The molecule has 2 atom stereocenters. The summed E-state index contributed by atoms with van der Waals surface area (Å²) in [6.45, 7) is 14.3. The molecule has 206 valence electrons. The Morgan fingerprint density at radius 2 is 0.951 bits per heavy atom. The Bertz CT molecular complexity index is 1650. The summed E-state index contributed by atoms with van der Waals surface area (Å²) in [6.07, 6.45) is 5.45. The summed E-state index contributed by atoms with van der Waals surface area (Å²) in [4.78, 5) is 0. The van der Waals surface area contributed by atoms with E-state index in [1.54, 1.807) is 11.1 Å². The monoisotopic (exact) mass is 718 g/mol. The fourth-order valence-corrected chi connectivity index (χ4v) is 40.8. The summed E-state index contributed by atoms with van der Waals surface area (Å²) < 4.78 is 6.93. The van der Waals surface area contributed by atoms with Crippen LogP contribution in [-0.4, -0.2) is 8.07 Å². The first-order chi connectivity index (χ1) is 19.6. The molecular formula is C39H42HfSi. The average molecular weight is 717 g/mol. The summed E-state index contributed by atoms with van der Waals surface area (Å²) in [5, 5.41) is 3.70. The van der Waals surface area contributed by atoms with Gasteiger partial charge >= 0.3 is 254 Å². The topological polar surface area (TPSA) is 0 Å². The molecule has 0 aromatic heterocycles. The van der Waals surface area contributed by atoms with Crippen LogP contribution in [0.2, 0.25) is 22.0 Å². The van der Waals surface area contributed by atoms with Crippen molar-refractivity contribution in [2.75, 3.05) is 0 Å². The van der Waals surface area contributed by atoms with Gasteiger partial charge in [0.2, 0.25) is 0 Å². The molecule has 0 spiro atoms. The van der Waals surface area contributed by atoms with Crippen molar-refractivity contribution >= 4 is 20.2 Å². The molecular weight excluding hydrogens is 675 g/mol. The van der Waals surface area contributed by atoms with Crippen LogP contribution in [0.4, 0.5) is 0 Å². The summed E-state index contributed by atoms with van der Waals surface area (Å²) >= 11 is -3.03. The molecule has 4 aromatic rings. The van der Waals surface area contributed by atoms with Gasteiger partial charge in [0.25, 0.3) is 0 Å². The quantitative estimate of drug-likeness (QED) is 0.185. The van der Waals surface area contributed by atoms with Gasteiger partial charge in [0.15, 0.2) is 0 Å². The third-order valence-electron chi connectivity index (χ3n) is 11.1. The van der Waals surface area contributed by atoms with Crippen LogP contribution in [0.5, 0.6) is 0 Å². The maximum absolute atomic E-state index is 3.03. The molecule has 0 saturated carbocycles. The second-order valence-corrected chi connectivity index (χ2v) is 35.5. The molecule has 0 radical (unpaired) electrons. The molecule has 41 heavy (non-hydrogen) atoms. The Labute approximate surface area is 252 Å². The van der Waals surface area contributed by atoms with Crippen LogP contribution in [0, 0.1) is 27.7 Å². The van der Waals surface area contributed by atoms with Gasteiger partial charge in [-0.15, -0.1) is 0 Å². The Morgan fingerprint density at radius 3 is 1.32 bits per heavy atom. The van der Waals surface area contributed by atoms with Gasteiger partial charge < -0.3 is 0 Å². The molecule has 2 unspecified atom stereocenters. The molecule has 7 rings (SSSR count). The molecule has 4 aromatic carbocycles. The van der Waals surface area contributed by atoms with Crippen molar-refractivity contribution < 1.29 is 20.0 Å². The molecule has 0 amide bonds. The molecule has 0 N–H and O–H groups in total. The molecule has 1 aliphatic heterocycles. The van der Waals surface area contributed by atoms with Gasteiger partial charge in [-0.05, 0) is 0 Å². The van der Waals surface area contributed by atoms with Gasteiger partial charge in [-0.2, -0.15) is 0 Å². The maximum atomic E-state index is 2.79. The molecule has 1 heterocycles. The van der Waals surface area contributed by atoms with Gasteiger partial charge in [-0.25, -0.2) is 0 Å². The van der Waals surface area contributed by atoms with Crippen LogP contribution < -0.4 is 0 Å². The predicted molar refractivity (Wildman–Crippen MR) is 178 cm³/mol. The number of aryl methyl sites for hydroxylation is 4. The van der Waals surface area contributed by atoms with Crippen LogP contribution in [0.1, 0.15) is 58.8 Å². The Morgan fingerprint density at radius 1 is 0.585 bits per heavy atom. The van der Waals surface area contributed by atoms with Gasteiger partial charge in [0.05, 0.1) is 0 Å². The third-order valence-corrected chi connectivity index (χ3v) is 33.2. The second kappa shape index (κ2) is 9.48. The van der Waals surface area contributed by atoms with E-state index >= 15 is 0 Å². The van der Waals surface area contributed by atoms with Crippen LogP contribution in [-0.2, 0) is 20.0 Å². The Kier molecular flexibility index (Phi) is 6.31. The second-order valence-electron chi connectivity index (χ2n) is 13.7. The minimum atomic E-state index is -3.03. The fourth-order valence-electron chi connectivity index (χ4n) is 9.02. The SMILES string of the molecule is CC[Si]1(C)C2=Cc3c(-c4c(C)cccc4C)cccc3[CH]2[Hf]([CH3])([CH3])[CH]2C1=Cc1c(-c3c(C)cccc3C)cccc12. The van der Waals surface area contributed by atoms with Gasteiger partial charge in [0.1, 0.15) is 0 Å². The molecule has 0 nitrogen and oxygen atoms in total. The first kappa shape index (κ1) is 27.3. The zero-order chi connectivity index (χ0) is 28.8. The Hall–Kier alpha value is -2.55. The van der Waals surface area contributed by atoms with E-state index in [1.807, 2.05) is 10.4 Å². The van der Waals surface area contributed by atoms with Crippen LogP contribution >= 0.6 is 0 Å². The standard InChI is InChI=1S/C37H36Si.2CH3.Hf/c1-7-38(6,30-20-28-16-10-18-32(34(28)22-30)36-24(2)12-8-13-25(36)3)31-21-29-17-11-19-33(35(29)23-31)37-26(4)14-9-15-27(37)5;;;/h8-23H,7H2,1-6H3;2*1H3;. The van der Waals surface area contributed by atoms with E-state index in [4.69, 9.17) is 0 Å². The van der Waals surface area contributed by atoms with E-state index in [9.17, 15) is 0 Å². The van der Waals surface area contributed by atoms with E-state index < -0.39 is 28.0 Å². The number of fused-ring (bicyclic) bond motifs is 6. The van der Waals surface area contributed by atoms with E-state index in [-0.39, 0.29) is 0 Å². The normalized spacial score (nSPS) is 23.3. The van der Waals surface area contributed by atoms with Gasteiger partial charge in [-0.3, -0.25) is 0 Å². The van der Waals surface area contributed by atoms with Crippen LogP contribution in [0.3, 0.4) is 0 Å². The van der Waals surface area contributed by atoms with Crippen LogP contribution in [0.15, 0.2) is 83.2 Å². The molecule has 3 aliphatic rings. The van der Waals surface area contributed by atoms with Crippen molar-refractivity contribution in [1.29, 1.82) is 0 Å². The number of allylic oxidation sites excluding steroid dienone is 2. The number of hydrogen-bond donors (Lipinski definition) is 0. The number of hydrogen-bond acceptors (Lipinski definition) is 0. The van der Waals surface area contributed by atoms with E-state index in [0.717, 1.165) is 0 Å². The number of benzene rings is 4. The van der Waals surface area contributed by atoms with E-state index in [0.29, 0.717) is 7.35 Å². The predicted octanol–water partition coefficient (Wildman–Crippen LogP) is 11.3. The van der Waals surface area contributed by atoms with Crippen LogP contribution in [0.25, 0.3) is 34.4 Å². The van der Waals surface area contributed by atoms with Gasteiger partial charge in [-0.1, -0.05) is 0 Å². The van der Waals surface area contributed by atoms with Gasteiger partial charge in [0, 0.05) is 0 Å². The fraction of sp³-hybridized carbons (Fsp3) is 0.282. The Balaban J connectivity index is 1.47. The van der Waals surface area contributed by atoms with Crippen molar-refractivity contribution in [2.24, 2.45) is 0 Å². The third kappa shape index (κ3) is 3.72. The van der Waals surface area contributed by atoms with Crippen molar-refractivity contribution in [1.82, 2.24) is 0 Å². The first-order valence-corrected chi connectivity index (χ1v) is 29.5. The van der Waals surface area contributed by atoms with Crippen molar-refractivity contribution in [3.05, 3.63) is 128 Å². The summed E-state index contributed by atoms with van der Waals surface area (Å²) in [5.74, 6) is 0. The molecule has 1 fully saturated rings. The molecule has 2 aliphatic carbocycles. The van der Waals surface area contributed by atoms with E-state index in [1.165, 1.54) is 61.7 Å². The van der Waals surface area contributed by atoms with Crippen molar-refractivity contribution in [3.63, 3.8) is 0 Å². The molecule has 0 bridgehead atoms. The number of rotatable bonds is 3. The molecule has 1 saturated heterocycles. The molecule has 2 heteroatoms. The summed E-state index contributed by atoms with van der Waals surface area (Å²) in [6, 6.07) is 29.3. The van der Waals surface area contributed by atoms with E-state index in [2.05, 4.69) is 135 Å². The summed E-state index contributed by atoms with van der Waals surface area (Å²) in [7, 11) is -1.88. The average Bonchev–Trinajstić information content (AvgIpc) is 3.54. The van der Waals surface area contributed by atoms with Crippen molar-refractivity contribution in [2.45, 2.75) is 63.9 Å². The summed E-state index contributed by atoms with van der Waals surface area (Å²) in [5.41, 5.74) is 17.7. The minimum absolute atomic E-state index is 0.676. The zero-order valence-corrected chi connectivity index (χ0v) is 30.5. The van der Waals surface area contributed by atoms with Crippen molar-refractivity contribution in [3.8, 4) is 22.3 Å². The first-order valence-electron chi connectivity index (χ1n) is 15.4.